The van der Waals surface area contributed by atoms with Crippen molar-refractivity contribution in [2.24, 2.45) is 0 Å². The Kier molecular flexibility index (Phi) is 4.43. The number of hydrogen-bond acceptors (Lipinski definition) is 5. The first-order valence-electron chi connectivity index (χ1n) is 7.63. The predicted octanol–water partition coefficient (Wildman–Crippen LogP) is 2.90. The Labute approximate surface area is 144 Å². The van der Waals surface area contributed by atoms with Gasteiger partial charge in [-0.05, 0) is 42.0 Å². The van der Waals surface area contributed by atoms with Crippen molar-refractivity contribution >= 4 is 17.8 Å². The number of carbonyl (C=O) groups excluding carboxylic acids is 2. The van der Waals surface area contributed by atoms with Gasteiger partial charge in [-0.2, -0.15) is 0 Å². The molecule has 0 bridgehead atoms. The van der Waals surface area contributed by atoms with E-state index in [1.807, 2.05) is 0 Å². The molecule has 2 aromatic rings. The van der Waals surface area contributed by atoms with Crippen LogP contribution in [-0.2, 0) is 9.59 Å². The molecular weight excluding hydrogens is 322 g/mol. The molecule has 6 nitrogen and oxygen atoms in total. The number of rotatable bonds is 5. The second-order valence-corrected chi connectivity index (χ2v) is 5.57. The van der Waals surface area contributed by atoms with E-state index in [9.17, 15) is 14.7 Å². The largest absolute Gasteiger partial charge is 0.503 e. The second-order valence-electron chi connectivity index (χ2n) is 5.57. The maximum atomic E-state index is 12.6. The average Bonchev–Trinajstić information content (AvgIpc) is 3.22. The second kappa shape index (κ2) is 6.68. The Morgan fingerprint density at radius 3 is 2.60 bits per heavy atom. The number of benzene rings is 1. The van der Waals surface area contributed by atoms with Crippen molar-refractivity contribution in [3.8, 4) is 5.75 Å². The molecular formula is C19H17NO5. The Hall–Kier alpha value is -3.28. The van der Waals surface area contributed by atoms with Gasteiger partial charge in [-0.15, -0.1) is 0 Å². The van der Waals surface area contributed by atoms with Gasteiger partial charge in [-0.1, -0.05) is 12.1 Å². The predicted molar refractivity (Wildman–Crippen MR) is 90.9 cm³/mol. The Balaban J connectivity index is 1.95. The SMILES string of the molecule is COc1ccc(C2C(C(=O)/C=C/c3ccco3)=C(O)C(=O)N2C)cc1. The van der Waals surface area contributed by atoms with Crippen LogP contribution < -0.4 is 4.74 Å². The molecule has 1 N–H and O–H groups in total. The minimum Gasteiger partial charge on any atom is -0.503 e. The van der Waals surface area contributed by atoms with E-state index in [0.29, 0.717) is 17.1 Å². The molecule has 1 unspecified atom stereocenters. The average molecular weight is 339 g/mol. The summed E-state index contributed by atoms with van der Waals surface area (Å²) >= 11 is 0. The molecule has 1 amide bonds. The number of hydrogen-bond donors (Lipinski definition) is 1. The number of allylic oxidation sites excluding steroid dienone is 1. The zero-order valence-electron chi connectivity index (χ0n) is 13.8. The molecule has 3 rings (SSSR count). The van der Waals surface area contributed by atoms with Crippen LogP contribution in [0.4, 0.5) is 0 Å². The monoisotopic (exact) mass is 339 g/mol. The standard InChI is InChI=1S/C19H17NO5/c1-20-17(12-5-7-13(24-2)8-6-12)16(18(22)19(20)23)15(21)10-9-14-4-3-11-25-14/h3-11,17,22H,1-2H3/b10-9+. The highest BCUT2D eigenvalue weighted by atomic mass is 16.5. The fourth-order valence-electron chi connectivity index (χ4n) is 2.78. The molecule has 128 valence electrons. The molecule has 0 radical (unpaired) electrons. The third kappa shape index (κ3) is 3.06. The Bertz CT molecular complexity index is 846. The van der Waals surface area contributed by atoms with Gasteiger partial charge in [-0.3, -0.25) is 9.59 Å². The quantitative estimate of drug-likeness (QED) is 0.847. The minimum atomic E-state index is -0.660. The maximum Gasteiger partial charge on any atom is 0.289 e. The third-order valence-corrected chi connectivity index (χ3v) is 4.08. The van der Waals surface area contributed by atoms with Crippen LogP contribution in [0.3, 0.4) is 0 Å². The topological polar surface area (TPSA) is 80.0 Å². The maximum absolute atomic E-state index is 12.6. The molecule has 0 saturated heterocycles. The fourth-order valence-corrected chi connectivity index (χ4v) is 2.78. The van der Waals surface area contributed by atoms with Gasteiger partial charge in [0.2, 0.25) is 0 Å². The van der Waals surface area contributed by atoms with Crippen molar-refractivity contribution in [2.75, 3.05) is 14.2 Å². The number of methoxy groups -OCH3 is 1. The van der Waals surface area contributed by atoms with E-state index in [0.717, 1.165) is 0 Å². The van der Waals surface area contributed by atoms with Crippen molar-refractivity contribution in [3.63, 3.8) is 0 Å². The Morgan fingerprint density at radius 1 is 1.28 bits per heavy atom. The van der Waals surface area contributed by atoms with Crippen LogP contribution in [0, 0.1) is 0 Å². The van der Waals surface area contributed by atoms with Gasteiger partial charge in [0, 0.05) is 7.05 Å². The first kappa shape index (κ1) is 16.6. The number of furan rings is 1. The van der Waals surface area contributed by atoms with E-state index in [-0.39, 0.29) is 5.57 Å². The van der Waals surface area contributed by atoms with Crippen molar-refractivity contribution in [1.29, 1.82) is 0 Å². The number of ether oxygens (including phenoxy) is 1. The summed E-state index contributed by atoms with van der Waals surface area (Å²) in [6.07, 6.45) is 4.28. The number of aliphatic hydroxyl groups excluding tert-OH is 1. The van der Waals surface area contributed by atoms with Crippen LogP contribution in [0.25, 0.3) is 6.08 Å². The van der Waals surface area contributed by atoms with Gasteiger partial charge in [0.05, 0.1) is 25.0 Å². The molecule has 2 heterocycles. The number of carbonyl (C=O) groups is 2. The number of likely N-dealkylation sites (N-methyl/N-ethyl adjacent to an activating group) is 1. The van der Waals surface area contributed by atoms with Crippen LogP contribution in [0.2, 0.25) is 0 Å². The molecule has 1 atom stereocenters. The van der Waals surface area contributed by atoms with Crippen LogP contribution in [0.15, 0.2) is 64.5 Å². The summed E-state index contributed by atoms with van der Waals surface area (Å²) in [7, 11) is 3.10. The molecule has 0 fully saturated rings. The molecule has 0 saturated carbocycles. The van der Waals surface area contributed by atoms with Crippen LogP contribution in [-0.4, -0.2) is 35.9 Å². The first-order valence-corrected chi connectivity index (χ1v) is 7.63. The minimum absolute atomic E-state index is 0.0421. The normalized spacial score (nSPS) is 17.6. The summed E-state index contributed by atoms with van der Waals surface area (Å²) in [5.74, 6) is -0.401. The highest BCUT2D eigenvalue weighted by molar-refractivity contribution is 6.14. The van der Waals surface area contributed by atoms with Gasteiger partial charge in [0.25, 0.3) is 5.91 Å². The lowest BCUT2D eigenvalue weighted by Crippen LogP contribution is -2.26. The van der Waals surface area contributed by atoms with Gasteiger partial charge >= 0.3 is 0 Å². The molecule has 1 aromatic heterocycles. The summed E-state index contributed by atoms with van der Waals surface area (Å²) < 4.78 is 10.3. The molecule has 0 spiro atoms. The molecule has 0 aliphatic carbocycles. The number of aliphatic hydroxyl groups is 1. The molecule has 1 aliphatic rings. The molecule has 1 aliphatic heterocycles. The van der Waals surface area contributed by atoms with Crippen molar-refractivity contribution < 1.29 is 23.8 Å². The van der Waals surface area contributed by atoms with Gasteiger partial charge in [0.1, 0.15) is 11.5 Å². The molecule has 6 heteroatoms. The lowest BCUT2D eigenvalue weighted by molar-refractivity contribution is -0.128. The highest BCUT2D eigenvalue weighted by Gasteiger charge is 2.40. The first-order chi connectivity index (χ1) is 12.0. The number of amides is 1. The van der Waals surface area contributed by atoms with E-state index in [1.54, 1.807) is 50.6 Å². The number of ketones is 1. The van der Waals surface area contributed by atoms with Crippen LogP contribution in [0.1, 0.15) is 17.4 Å². The van der Waals surface area contributed by atoms with Gasteiger partial charge in [0.15, 0.2) is 11.5 Å². The Morgan fingerprint density at radius 2 is 2.00 bits per heavy atom. The molecule has 1 aromatic carbocycles. The van der Waals surface area contributed by atoms with Crippen molar-refractivity contribution in [1.82, 2.24) is 4.90 Å². The summed E-state index contributed by atoms with van der Waals surface area (Å²) in [6.45, 7) is 0. The zero-order valence-corrected chi connectivity index (χ0v) is 13.8. The smallest absolute Gasteiger partial charge is 0.289 e. The van der Waals surface area contributed by atoms with E-state index in [1.165, 1.54) is 23.3 Å². The van der Waals surface area contributed by atoms with Crippen LogP contribution in [0.5, 0.6) is 5.75 Å². The highest BCUT2D eigenvalue weighted by Crippen LogP contribution is 2.37. The summed E-state index contributed by atoms with van der Waals surface area (Å²) in [6, 6.07) is 9.74. The van der Waals surface area contributed by atoms with E-state index < -0.39 is 23.5 Å². The van der Waals surface area contributed by atoms with E-state index >= 15 is 0 Å². The van der Waals surface area contributed by atoms with Gasteiger partial charge < -0.3 is 19.2 Å². The van der Waals surface area contributed by atoms with Crippen molar-refractivity contribution in [3.05, 3.63) is 71.4 Å². The summed E-state index contributed by atoms with van der Waals surface area (Å²) in [5, 5.41) is 10.2. The number of nitrogens with zero attached hydrogens (tertiary/aromatic N) is 1. The van der Waals surface area contributed by atoms with E-state index in [2.05, 4.69) is 0 Å². The van der Waals surface area contributed by atoms with Crippen molar-refractivity contribution in [2.45, 2.75) is 6.04 Å². The lowest BCUT2D eigenvalue weighted by Gasteiger charge is -2.22. The zero-order chi connectivity index (χ0) is 18.0. The third-order valence-electron chi connectivity index (χ3n) is 4.08. The lowest BCUT2D eigenvalue weighted by atomic mass is 9.96. The van der Waals surface area contributed by atoms with Gasteiger partial charge in [-0.25, -0.2) is 0 Å². The van der Waals surface area contributed by atoms with Crippen LogP contribution >= 0.6 is 0 Å². The summed E-state index contributed by atoms with van der Waals surface area (Å²) in [5.41, 5.74) is 0.746. The summed E-state index contributed by atoms with van der Waals surface area (Å²) in [4.78, 5) is 26.1. The van der Waals surface area contributed by atoms with E-state index in [4.69, 9.17) is 9.15 Å². The fraction of sp³-hybridized carbons (Fsp3) is 0.158. The molecule has 25 heavy (non-hydrogen) atoms.